The summed E-state index contributed by atoms with van der Waals surface area (Å²) >= 11 is 0. The number of nitrogens with one attached hydrogen (secondary N) is 1. The lowest BCUT2D eigenvalue weighted by Gasteiger charge is -2.38. The second-order valence-corrected chi connectivity index (χ2v) is 15.2. The number of aromatic nitrogens is 6. The van der Waals surface area contributed by atoms with Gasteiger partial charge in [-0.15, -0.1) is 0 Å². The zero-order valence-electron chi connectivity index (χ0n) is 32.6. The van der Waals surface area contributed by atoms with E-state index in [9.17, 15) is 4.79 Å². The van der Waals surface area contributed by atoms with Crippen LogP contribution in [0.3, 0.4) is 0 Å². The van der Waals surface area contributed by atoms with Gasteiger partial charge in [0, 0.05) is 52.6 Å². The molecule has 2 fully saturated rings. The van der Waals surface area contributed by atoms with Crippen molar-refractivity contribution in [1.29, 1.82) is 0 Å². The van der Waals surface area contributed by atoms with Gasteiger partial charge in [-0.1, -0.05) is 109 Å². The molecule has 0 saturated heterocycles. The molecule has 58 heavy (non-hydrogen) atoms. The first-order chi connectivity index (χ1) is 28.3. The number of carbonyl (C=O) groups is 1. The number of carbonyl (C=O) groups excluding carboxylic acids is 1. The molecule has 4 aromatic heterocycles. The highest BCUT2D eigenvalue weighted by Gasteiger charge is 2.35. The summed E-state index contributed by atoms with van der Waals surface area (Å²) in [7, 11) is 3.14. The SMILES string of the molecule is CNC(=O)c1cc(OC)c2nc(-c3ccc(C4(N)CCC4)cc3)c(-c3ccccc3)n2n1.NC1(c2ccc(-c3nc4cccnn4c3-c3ccccc3)cc2)CCC1. The number of imidazole rings is 2. The maximum atomic E-state index is 12.3. The summed E-state index contributed by atoms with van der Waals surface area (Å²) in [5.74, 6) is 0.187. The summed E-state index contributed by atoms with van der Waals surface area (Å²) in [6.45, 7) is 0. The van der Waals surface area contributed by atoms with Crippen LogP contribution in [0.5, 0.6) is 5.75 Å². The Labute approximate surface area is 336 Å². The zero-order valence-corrected chi connectivity index (χ0v) is 32.6. The van der Waals surface area contributed by atoms with Crippen LogP contribution in [0.2, 0.25) is 0 Å². The summed E-state index contributed by atoms with van der Waals surface area (Å²) in [6.07, 6.45) is 8.35. The molecule has 8 aromatic rings. The van der Waals surface area contributed by atoms with Crippen molar-refractivity contribution in [1.82, 2.24) is 34.5 Å². The van der Waals surface area contributed by atoms with Gasteiger partial charge in [0.1, 0.15) is 11.4 Å². The third kappa shape index (κ3) is 6.57. The van der Waals surface area contributed by atoms with Crippen molar-refractivity contribution < 1.29 is 9.53 Å². The third-order valence-corrected chi connectivity index (χ3v) is 11.7. The van der Waals surface area contributed by atoms with E-state index in [4.69, 9.17) is 26.2 Å². The molecule has 11 nitrogen and oxygen atoms in total. The van der Waals surface area contributed by atoms with Crippen LogP contribution in [0.4, 0.5) is 0 Å². The molecule has 4 heterocycles. The van der Waals surface area contributed by atoms with Gasteiger partial charge >= 0.3 is 0 Å². The minimum Gasteiger partial charge on any atom is -0.493 e. The molecule has 1 amide bonds. The van der Waals surface area contributed by atoms with Gasteiger partial charge in [-0.05, 0) is 61.8 Å². The van der Waals surface area contributed by atoms with Crippen molar-refractivity contribution in [2.45, 2.75) is 49.6 Å². The van der Waals surface area contributed by atoms with Gasteiger partial charge in [-0.2, -0.15) is 10.2 Å². The van der Waals surface area contributed by atoms with Gasteiger partial charge in [0.05, 0.1) is 18.5 Å². The van der Waals surface area contributed by atoms with Crippen LogP contribution in [-0.4, -0.2) is 49.3 Å². The molecule has 0 aliphatic heterocycles. The van der Waals surface area contributed by atoms with Crippen molar-refractivity contribution in [3.8, 4) is 50.8 Å². The van der Waals surface area contributed by atoms with Crippen LogP contribution < -0.4 is 21.5 Å². The smallest absolute Gasteiger partial charge is 0.271 e. The van der Waals surface area contributed by atoms with Crippen LogP contribution in [-0.2, 0) is 11.1 Å². The van der Waals surface area contributed by atoms with E-state index in [0.717, 1.165) is 81.9 Å². The molecule has 290 valence electrons. The highest BCUT2D eigenvalue weighted by Crippen LogP contribution is 2.42. The van der Waals surface area contributed by atoms with Gasteiger partial charge in [0.2, 0.25) is 0 Å². The predicted octanol–water partition coefficient (Wildman–Crippen LogP) is 8.17. The molecule has 2 aliphatic rings. The molecule has 0 unspecified atom stereocenters. The van der Waals surface area contributed by atoms with E-state index in [1.807, 2.05) is 65.2 Å². The first-order valence-corrected chi connectivity index (χ1v) is 19.7. The van der Waals surface area contributed by atoms with Crippen molar-refractivity contribution in [3.63, 3.8) is 0 Å². The number of hydrogen-bond acceptors (Lipinski definition) is 8. The lowest BCUT2D eigenvalue weighted by atomic mass is 9.72. The van der Waals surface area contributed by atoms with E-state index in [-0.39, 0.29) is 22.7 Å². The number of benzene rings is 4. The molecule has 2 aliphatic carbocycles. The third-order valence-electron chi connectivity index (χ3n) is 11.7. The Morgan fingerprint density at radius 3 is 1.66 bits per heavy atom. The fourth-order valence-corrected chi connectivity index (χ4v) is 8.00. The summed E-state index contributed by atoms with van der Waals surface area (Å²) in [6, 6.07) is 42.6. The van der Waals surface area contributed by atoms with Gasteiger partial charge in [0.15, 0.2) is 22.7 Å². The van der Waals surface area contributed by atoms with E-state index < -0.39 is 0 Å². The molecular weight excluding hydrogens is 723 g/mol. The van der Waals surface area contributed by atoms with Crippen LogP contribution in [0.25, 0.3) is 56.3 Å². The lowest BCUT2D eigenvalue weighted by Crippen LogP contribution is -2.43. The fourth-order valence-electron chi connectivity index (χ4n) is 8.00. The number of nitrogens with two attached hydrogens (primary N) is 2. The van der Waals surface area contributed by atoms with Gasteiger partial charge in [-0.25, -0.2) is 19.0 Å². The highest BCUT2D eigenvalue weighted by molar-refractivity contribution is 5.93. The minimum atomic E-state index is -0.294. The topological polar surface area (TPSA) is 151 Å². The maximum Gasteiger partial charge on any atom is 0.271 e. The average molecular weight is 768 g/mol. The average Bonchev–Trinajstić information content (AvgIpc) is 3.85. The van der Waals surface area contributed by atoms with Gasteiger partial charge in [-0.3, -0.25) is 4.79 Å². The maximum absolute atomic E-state index is 12.3. The Hall–Kier alpha value is -6.69. The molecule has 11 heteroatoms. The second kappa shape index (κ2) is 15.0. The van der Waals surface area contributed by atoms with E-state index >= 15 is 0 Å². The summed E-state index contributed by atoms with van der Waals surface area (Å²) in [5, 5.41) is 11.7. The number of methoxy groups -OCH3 is 1. The number of fused-ring (bicyclic) bond motifs is 2. The molecule has 5 N–H and O–H groups in total. The highest BCUT2D eigenvalue weighted by atomic mass is 16.5. The quantitative estimate of drug-likeness (QED) is 0.140. The first kappa shape index (κ1) is 36.9. The van der Waals surface area contributed by atoms with E-state index in [0.29, 0.717) is 11.4 Å². The van der Waals surface area contributed by atoms with Crippen molar-refractivity contribution >= 4 is 17.2 Å². The standard InChI is InChI=1S/C25H25N5O2.C22H20N4/c1-27-24(31)19-15-20(32-2)23-28-21(22(30(23)29-19)17-7-4-3-5-8-17)16-9-11-18(12-10-16)25(26)13-6-14-25;23-22(13-5-14-22)18-11-9-16(10-12-18)20-21(17-6-2-1-3-7-17)26-19(25-20)8-4-15-24-26/h3-5,7-12,15H,6,13-14,26H2,1-2H3,(H,27,31);1-4,6-12,15H,5,13-14,23H2. The molecule has 0 spiro atoms. The zero-order chi connectivity index (χ0) is 39.9. The summed E-state index contributed by atoms with van der Waals surface area (Å²) in [4.78, 5) is 22.1. The number of hydrogen-bond donors (Lipinski definition) is 3. The van der Waals surface area contributed by atoms with Crippen LogP contribution >= 0.6 is 0 Å². The largest absolute Gasteiger partial charge is 0.493 e. The second-order valence-electron chi connectivity index (χ2n) is 15.2. The van der Waals surface area contributed by atoms with Crippen LogP contribution in [0, 0.1) is 0 Å². The Bertz CT molecular complexity index is 2730. The Kier molecular flexibility index (Phi) is 9.55. The number of ether oxygens (including phenoxy) is 1. The van der Waals surface area contributed by atoms with Crippen LogP contribution in [0.15, 0.2) is 134 Å². The van der Waals surface area contributed by atoms with Crippen molar-refractivity contribution in [3.05, 3.63) is 150 Å². The minimum absolute atomic E-state index is 0.138. The molecule has 0 atom stereocenters. The number of nitrogens with zero attached hydrogens (tertiary/aromatic N) is 6. The molecule has 2 saturated carbocycles. The molecule has 0 bridgehead atoms. The summed E-state index contributed by atoms with van der Waals surface area (Å²) in [5.41, 5.74) is 24.2. The van der Waals surface area contributed by atoms with Crippen molar-refractivity contribution in [2.24, 2.45) is 11.5 Å². The Balaban J connectivity index is 0.000000153. The normalized spacial score (nSPS) is 15.2. The van der Waals surface area contributed by atoms with E-state index in [1.165, 1.54) is 18.4 Å². The monoisotopic (exact) mass is 767 g/mol. The molecule has 10 rings (SSSR count). The predicted molar refractivity (Wildman–Crippen MR) is 227 cm³/mol. The lowest BCUT2D eigenvalue weighted by molar-refractivity contribution is 0.0956. The first-order valence-electron chi connectivity index (χ1n) is 19.7. The van der Waals surface area contributed by atoms with E-state index in [2.05, 4.69) is 76.2 Å². The summed E-state index contributed by atoms with van der Waals surface area (Å²) < 4.78 is 9.17. The molecule has 0 radical (unpaired) electrons. The fraction of sp³-hybridized carbons (Fsp3) is 0.213. The molecular formula is C47H45N9O2. The Morgan fingerprint density at radius 2 is 1.17 bits per heavy atom. The Morgan fingerprint density at radius 1 is 0.655 bits per heavy atom. The van der Waals surface area contributed by atoms with Crippen molar-refractivity contribution in [2.75, 3.05) is 14.2 Å². The van der Waals surface area contributed by atoms with Gasteiger partial charge in [0.25, 0.3) is 5.91 Å². The number of rotatable bonds is 8. The van der Waals surface area contributed by atoms with E-state index in [1.54, 1.807) is 30.9 Å². The van der Waals surface area contributed by atoms with Gasteiger partial charge < -0.3 is 21.5 Å². The molecule has 4 aromatic carbocycles. The van der Waals surface area contributed by atoms with Crippen LogP contribution in [0.1, 0.15) is 60.1 Å². The number of amides is 1.